The summed E-state index contributed by atoms with van der Waals surface area (Å²) in [6, 6.07) is 10.6. The van der Waals surface area contributed by atoms with Crippen molar-refractivity contribution in [3.63, 3.8) is 0 Å². The van der Waals surface area contributed by atoms with E-state index >= 15 is 0 Å². The summed E-state index contributed by atoms with van der Waals surface area (Å²) in [6.45, 7) is 2.05. The van der Waals surface area contributed by atoms with E-state index in [1.54, 1.807) is 18.5 Å². The summed E-state index contributed by atoms with van der Waals surface area (Å²) < 4.78 is 38.9. The van der Waals surface area contributed by atoms with Gasteiger partial charge in [0.05, 0.1) is 4.90 Å². The number of benzene rings is 1. The fraction of sp³-hybridized carbons (Fsp3) is 0.222. The first-order valence-electron chi connectivity index (χ1n) is 7.92. The molecule has 5 nitrogen and oxygen atoms in total. The lowest BCUT2D eigenvalue weighted by molar-refractivity contribution is -0.107. The van der Waals surface area contributed by atoms with E-state index in [1.165, 1.54) is 22.5 Å². The van der Waals surface area contributed by atoms with Crippen LogP contribution in [0.4, 0.5) is 4.39 Å². The minimum Gasteiger partial charge on any atom is -0.282 e. The number of carbonyl (C=O) groups is 1. The molecule has 0 saturated carbocycles. The molecule has 1 aromatic heterocycles. The van der Waals surface area contributed by atoms with Crippen molar-refractivity contribution in [1.29, 1.82) is 0 Å². The van der Waals surface area contributed by atoms with E-state index in [0.29, 0.717) is 11.3 Å². The van der Waals surface area contributed by atoms with E-state index in [2.05, 4.69) is 4.98 Å². The van der Waals surface area contributed by atoms with Crippen molar-refractivity contribution in [1.82, 2.24) is 9.29 Å². The number of thioether (sulfide) groups is 1. The molecule has 0 spiro atoms. The highest BCUT2D eigenvalue weighted by Crippen LogP contribution is 2.23. The summed E-state index contributed by atoms with van der Waals surface area (Å²) in [4.78, 5) is 15.4. The van der Waals surface area contributed by atoms with Crippen LogP contribution >= 0.6 is 11.8 Å². The van der Waals surface area contributed by atoms with Crippen molar-refractivity contribution in [2.24, 2.45) is 0 Å². The number of pyridine rings is 1. The molecule has 1 aliphatic heterocycles. The standard InChI is InChI=1S/C13H14FNO3S2.C5H5N/c1-2-19-13(16)10-6-7-15(9-10)20(17,18)12-5-3-4-11(14)8-12;1-2-4-6-5-3-1/h3-6,8H,2,7,9H2,1H3;1-5H. The van der Waals surface area contributed by atoms with Crippen LogP contribution in [0, 0.1) is 5.82 Å². The molecule has 0 N–H and O–H groups in total. The van der Waals surface area contributed by atoms with E-state index < -0.39 is 15.8 Å². The lowest BCUT2D eigenvalue weighted by Gasteiger charge is -2.16. The molecule has 1 aromatic carbocycles. The molecule has 0 amide bonds. The monoisotopic (exact) mass is 394 g/mol. The Kier molecular flexibility index (Phi) is 7.50. The van der Waals surface area contributed by atoms with Gasteiger partial charge in [-0.1, -0.05) is 36.9 Å². The predicted octanol–water partition coefficient (Wildman–Crippen LogP) is 3.12. The Hall–Kier alpha value is -2.03. The first-order valence-corrected chi connectivity index (χ1v) is 10.3. The molecule has 0 aliphatic carbocycles. The maximum Gasteiger partial charge on any atom is 0.243 e. The Balaban J connectivity index is 0.000000342. The van der Waals surface area contributed by atoms with Crippen LogP contribution in [0.25, 0.3) is 0 Å². The third-order valence-electron chi connectivity index (χ3n) is 3.43. The number of nitrogens with zero attached hydrogens (tertiary/aromatic N) is 2. The lowest BCUT2D eigenvalue weighted by Crippen LogP contribution is -2.29. The molecule has 3 rings (SSSR count). The highest BCUT2D eigenvalue weighted by Gasteiger charge is 2.30. The molecule has 8 heteroatoms. The molecule has 0 fully saturated rings. The molecule has 1 aliphatic rings. The minimum absolute atomic E-state index is 0.0463. The van der Waals surface area contributed by atoms with Crippen LogP contribution < -0.4 is 0 Å². The molecular weight excluding hydrogens is 375 g/mol. The van der Waals surface area contributed by atoms with E-state index in [9.17, 15) is 17.6 Å². The Labute approximate surface area is 157 Å². The number of hydrogen-bond donors (Lipinski definition) is 0. The van der Waals surface area contributed by atoms with E-state index in [4.69, 9.17) is 0 Å². The SMILES string of the molecule is CCSC(=O)C1=CCN(S(=O)(=O)c2cccc(F)c2)C1.c1ccncc1. The van der Waals surface area contributed by atoms with Crippen molar-refractivity contribution < 1.29 is 17.6 Å². The summed E-state index contributed by atoms with van der Waals surface area (Å²) in [5.74, 6) is 0.0448. The molecule has 0 radical (unpaired) electrons. The van der Waals surface area contributed by atoms with Crippen LogP contribution in [0.15, 0.2) is 71.4 Å². The number of hydrogen-bond acceptors (Lipinski definition) is 5. The quantitative estimate of drug-likeness (QED) is 0.797. The van der Waals surface area contributed by atoms with Gasteiger partial charge in [-0.25, -0.2) is 12.8 Å². The van der Waals surface area contributed by atoms with E-state index in [0.717, 1.165) is 17.8 Å². The second kappa shape index (κ2) is 9.61. The van der Waals surface area contributed by atoms with Gasteiger partial charge in [0.1, 0.15) is 5.82 Å². The van der Waals surface area contributed by atoms with Gasteiger partial charge in [-0.05, 0) is 36.1 Å². The fourth-order valence-corrected chi connectivity index (χ4v) is 4.16. The van der Waals surface area contributed by atoms with Gasteiger partial charge in [0.25, 0.3) is 0 Å². The highest BCUT2D eigenvalue weighted by atomic mass is 32.2. The Morgan fingerprint density at radius 3 is 2.50 bits per heavy atom. The lowest BCUT2D eigenvalue weighted by atomic mass is 10.3. The molecule has 26 heavy (non-hydrogen) atoms. The number of aromatic nitrogens is 1. The second-order valence-electron chi connectivity index (χ2n) is 5.23. The van der Waals surface area contributed by atoms with E-state index in [1.807, 2.05) is 25.1 Å². The number of halogens is 1. The second-order valence-corrected chi connectivity index (χ2v) is 8.40. The molecular formula is C18H19FN2O3S2. The predicted molar refractivity (Wildman–Crippen MR) is 101 cm³/mol. The average molecular weight is 394 g/mol. The number of rotatable bonds is 4. The summed E-state index contributed by atoms with van der Waals surface area (Å²) in [5.41, 5.74) is 0.483. The van der Waals surface area contributed by atoms with Crippen LogP contribution in [0.2, 0.25) is 0 Å². The van der Waals surface area contributed by atoms with Crippen LogP contribution in [-0.2, 0) is 14.8 Å². The van der Waals surface area contributed by atoms with Crippen LogP contribution in [0.5, 0.6) is 0 Å². The number of carbonyl (C=O) groups excluding carboxylic acids is 1. The topological polar surface area (TPSA) is 67.3 Å². The largest absolute Gasteiger partial charge is 0.282 e. The summed E-state index contributed by atoms with van der Waals surface area (Å²) in [5, 5.41) is -0.107. The van der Waals surface area contributed by atoms with Crippen LogP contribution in [0.3, 0.4) is 0 Å². The molecule has 2 heterocycles. The summed E-state index contributed by atoms with van der Waals surface area (Å²) in [7, 11) is -3.76. The van der Waals surface area contributed by atoms with Crippen molar-refractivity contribution in [2.75, 3.05) is 18.8 Å². The maximum absolute atomic E-state index is 13.1. The Morgan fingerprint density at radius 1 is 1.23 bits per heavy atom. The van der Waals surface area contributed by atoms with E-state index in [-0.39, 0.29) is 23.1 Å². The third-order valence-corrected chi connectivity index (χ3v) is 6.05. The van der Waals surface area contributed by atoms with Gasteiger partial charge in [0.15, 0.2) is 0 Å². The molecule has 138 valence electrons. The first-order chi connectivity index (χ1) is 12.4. The molecule has 0 unspecified atom stereocenters. The van der Waals surface area contributed by atoms with Gasteiger partial charge >= 0.3 is 0 Å². The third kappa shape index (κ3) is 5.48. The van der Waals surface area contributed by atoms with Crippen molar-refractivity contribution >= 4 is 26.9 Å². The van der Waals surface area contributed by atoms with Gasteiger partial charge in [0, 0.05) is 31.1 Å². The van der Waals surface area contributed by atoms with Crippen molar-refractivity contribution in [3.8, 4) is 0 Å². The zero-order valence-corrected chi connectivity index (χ0v) is 15.8. The first kappa shape index (κ1) is 20.3. The summed E-state index contributed by atoms with van der Waals surface area (Å²) in [6.07, 6.45) is 5.11. The smallest absolute Gasteiger partial charge is 0.243 e. The molecule has 0 saturated heterocycles. The fourth-order valence-electron chi connectivity index (χ4n) is 2.18. The normalized spacial score (nSPS) is 14.3. The minimum atomic E-state index is -3.76. The van der Waals surface area contributed by atoms with Gasteiger partial charge in [-0.2, -0.15) is 4.31 Å². The maximum atomic E-state index is 13.1. The molecule has 0 atom stereocenters. The van der Waals surface area contributed by atoms with Crippen molar-refractivity contribution in [2.45, 2.75) is 11.8 Å². The number of sulfonamides is 1. The zero-order chi connectivity index (χ0) is 19.0. The molecule has 2 aromatic rings. The Bertz CT molecular complexity index is 844. The average Bonchev–Trinajstić information content (AvgIpc) is 3.15. The molecule has 0 bridgehead atoms. The highest BCUT2D eigenvalue weighted by molar-refractivity contribution is 8.14. The zero-order valence-electron chi connectivity index (χ0n) is 14.2. The summed E-state index contributed by atoms with van der Waals surface area (Å²) >= 11 is 1.15. The van der Waals surface area contributed by atoms with Crippen LogP contribution in [-0.4, -0.2) is 41.7 Å². The van der Waals surface area contributed by atoms with Gasteiger partial charge in [-0.3, -0.25) is 9.78 Å². The Morgan fingerprint density at radius 2 is 1.96 bits per heavy atom. The van der Waals surface area contributed by atoms with Gasteiger partial charge in [0.2, 0.25) is 15.1 Å². The van der Waals surface area contributed by atoms with Crippen LogP contribution in [0.1, 0.15) is 6.92 Å². The van der Waals surface area contributed by atoms with Gasteiger partial charge < -0.3 is 0 Å². The van der Waals surface area contributed by atoms with Crippen molar-refractivity contribution in [3.05, 3.63) is 72.3 Å². The van der Waals surface area contributed by atoms with Gasteiger partial charge in [-0.15, -0.1) is 0 Å².